The average molecular weight is 298 g/mol. The van der Waals surface area contributed by atoms with Gasteiger partial charge in [-0.15, -0.1) is 0 Å². The molecule has 0 amide bonds. The molecule has 6 heteroatoms. The highest BCUT2D eigenvalue weighted by atomic mass is 16.5. The summed E-state index contributed by atoms with van der Waals surface area (Å²) < 4.78 is 5.89. The number of hydrogen-bond acceptors (Lipinski definition) is 5. The largest absolute Gasteiger partial charge is 0.423 e. The second-order valence-corrected chi connectivity index (χ2v) is 7.13. The Morgan fingerprint density at radius 2 is 1.71 bits per heavy atom. The normalized spacial score (nSPS) is 14.0. The van der Waals surface area contributed by atoms with Crippen LogP contribution >= 0.6 is 0 Å². The van der Waals surface area contributed by atoms with E-state index in [-0.39, 0.29) is 6.92 Å². The Hall–Kier alpha value is -0.845. The van der Waals surface area contributed by atoms with E-state index in [2.05, 4.69) is 5.32 Å². The lowest BCUT2D eigenvalue weighted by Gasteiger charge is -2.39. The molecule has 0 bridgehead atoms. The Labute approximate surface area is 129 Å². The summed E-state index contributed by atoms with van der Waals surface area (Å²) in [5.74, 6) is 0. The van der Waals surface area contributed by atoms with Crippen LogP contribution in [-0.2, 0) is 4.65 Å². The molecule has 0 atom stereocenters. The number of hydrogen-bond donors (Lipinski definition) is 4. The third kappa shape index (κ3) is 7.64. The van der Waals surface area contributed by atoms with Crippen LogP contribution in [0.25, 0.3) is 0 Å². The van der Waals surface area contributed by atoms with Crippen LogP contribution in [0.1, 0.15) is 48.0 Å². The highest BCUT2D eigenvalue weighted by molar-refractivity contribution is 6.64. The van der Waals surface area contributed by atoms with E-state index in [1.54, 1.807) is 33.9 Å². The van der Waals surface area contributed by atoms with Gasteiger partial charge in [-0.1, -0.05) is 6.82 Å². The molecule has 122 valence electrons. The fraction of sp³-hybridized carbons (Fsp3) is 0.800. The summed E-state index contributed by atoms with van der Waals surface area (Å²) >= 11 is 0. The van der Waals surface area contributed by atoms with Crippen LogP contribution in [0.4, 0.5) is 0 Å². The van der Waals surface area contributed by atoms with Gasteiger partial charge in [0.25, 0.3) is 0 Å². The van der Waals surface area contributed by atoms with Gasteiger partial charge in [-0.05, 0) is 59.6 Å². The summed E-state index contributed by atoms with van der Waals surface area (Å²) in [6.45, 7) is 12.7. The molecule has 5 nitrogen and oxygen atoms in total. The third-order valence-corrected chi connectivity index (χ3v) is 3.73. The van der Waals surface area contributed by atoms with Crippen molar-refractivity contribution in [2.75, 3.05) is 6.54 Å². The predicted octanol–water partition coefficient (Wildman–Crippen LogP) is 2.00. The van der Waals surface area contributed by atoms with Crippen molar-refractivity contribution in [3.8, 4) is 0 Å². The minimum Gasteiger partial charge on any atom is -0.423 e. The molecule has 0 aliphatic heterocycles. The second kappa shape index (κ2) is 7.43. The summed E-state index contributed by atoms with van der Waals surface area (Å²) in [6, 6.07) is 0. The first-order valence-electron chi connectivity index (χ1n) is 7.36. The molecule has 0 rings (SSSR count). The summed E-state index contributed by atoms with van der Waals surface area (Å²) in [6.07, 6.45) is 3.57. The van der Waals surface area contributed by atoms with Gasteiger partial charge in [0.15, 0.2) is 0 Å². The average Bonchev–Trinajstić information content (AvgIpc) is 2.25. The molecule has 0 saturated heterocycles. The van der Waals surface area contributed by atoms with Crippen molar-refractivity contribution in [1.29, 1.82) is 5.41 Å². The summed E-state index contributed by atoms with van der Waals surface area (Å²) in [5.41, 5.74) is -1.75. The lowest BCUT2D eigenvalue weighted by molar-refractivity contribution is -0.0921. The SMILES string of the molecule is CB(OC(C)(C)C(C)(C)O)/C(C=N)=C/NCCC(C)(C)O. The minimum atomic E-state index is -0.983. The Morgan fingerprint density at radius 1 is 1.19 bits per heavy atom. The standard InChI is InChI=1S/C15H31BN2O3/c1-13(2,19)8-9-18-11-12(10-17)16(7)21-15(5,6)14(3,4)20/h10-11,17-20H,8-9H2,1-7H3/b12-11+,17-10?. The molecule has 4 N–H and O–H groups in total. The van der Waals surface area contributed by atoms with Crippen LogP contribution in [0.3, 0.4) is 0 Å². The maximum Gasteiger partial charge on any atom is 0.327 e. The van der Waals surface area contributed by atoms with E-state index >= 15 is 0 Å². The summed E-state index contributed by atoms with van der Waals surface area (Å²) in [7, 11) is 0. The van der Waals surface area contributed by atoms with Crippen molar-refractivity contribution in [2.45, 2.75) is 71.6 Å². The molecule has 0 heterocycles. The van der Waals surface area contributed by atoms with Crippen LogP contribution in [0, 0.1) is 5.41 Å². The van der Waals surface area contributed by atoms with Crippen LogP contribution < -0.4 is 5.32 Å². The lowest BCUT2D eigenvalue weighted by Crippen LogP contribution is -2.50. The summed E-state index contributed by atoms with van der Waals surface area (Å²) in [5, 5.41) is 30.3. The van der Waals surface area contributed by atoms with E-state index in [1.165, 1.54) is 6.21 Å². The minimum absolute atomic E-state index is 0.321. The van der Waals surface area contributed by atoms with Gasteiger partial charge in [0.05, 0.1) is 16.8 Å². The number of allylic oxidation sites excluding steroid dienone is 1. The molecule has 21 heavy (non-hydrogen) atoms. The van der Waals surface area contributed by atoms with Gasteiger partial charge >= 0.3 is 6.92 Å². The van der Waals surface area contributed by atoms with Gasteiger partial charge in [0, 0.05) is 12.8 Å². The van der Waals surface area contributed by atoms with E-state index in [1.807, 2.05) is 20.7 Å². The van der Waals surface area contributed by atoms with E-state index in [4.69, 9.17) is 10.1 Å². The molecular formula is C15H31BN2O3. The van der Waals surface area contributed by atoms with Gasteiger partial charge in [0.1, 0.15) is 0 Å². The van der Waals surface area contributed by atoms with E-state index in [0.717, 1.165) is 0 Å². The summed E-state index contributed by atoms with van der Waals surface area (Å²) in [4.78, 5) is 0. The molecule has 0 aromatic carbocycles. The molecule has 0 aromatic heterocycles. The Morgan fingerprint density at radius 3 is 2.10 bits per heavy atom. The first-order chi connectivity index (χ1) is 9.30. The Bertz CT molecular complexity index is 368. The third-order valence-electron chi connectivity index (χ3n) is 3.73. The zero-order valence-electron chi connectivity index (χ0n) is 14.4. The number of nitrogens with one attached hydrogen (secondary N) is 2. The van der Waals surface area contributed by atoms with Crippen molar-refractivity contribution in [1.82, 2.24) is 5.32 Å². The monoisotopic (exact) mass is 298 g/mol. The van der Waals surface area contributed by atoms with E-state index in [9.17, 15) is 10.2 Å². The Kier molecular flexibility index (Phi) is 7.13. The maximum absolute atomic E-state index is 10.1. The molecule has 0 spiro atoms. The zero-order valence-corrected chi connectivity index (χ0v) is 14.4. The fourth-order valence-electron chi connectivity index (χ4n) is 1.50. The Balaban J connectivity index is 4.63. The van der Waals surface area contributed by atoms with Crippen molar-refractivity contribution >= 4 is 13.1 Å². The van der Waals surface area contributed by atoms with E-state index < -0.39 is 16.8 Å². The predicted molar refractivity (Wildman–Crippen MR) is 88.9 cm³/mol. The molecule has 0 radical (unpaired) electrons. The molecule has 0 aromatic rings. The van der Waals surface area contributed by atoms with Gasteiger partial charge in [-0.3, -0.25) is 0 Å². The zero-order chi connectivity index (χ0) is 16.9. The quantitative estimate of drug-likeness (QED) is 0.298. The smallest absolute Gasteiger partial charge is 0.327 e. The highest BCUT2D eigenvalue weighted by Gasteiger charge is 2.38. The first kappa shape index (κ1) is 20.2. The van der Waals surface area contributed by atoms with Gasteiger partial charge in [0.2, 0.25) is 0 Å². The maximum atomic E-state index is 10.1. The lowest BCUT2D eigenvalue weighted by atomic mass is 9.62. The van der Waals surface area contributed by atoms with Crippen LogP contribution in [-0.4, -0.2) is 46.7 Å². The van der Waals surface area contributed by atoms with Crippen molar-refractivity contribution in [3.63, 3.8) is 0 Å². The molecule has 0 fully saturated rings. The molecule has 0 saturated carbocycles. The van der Waals surface area contributed by atoms with Crippen LogP contribution in [0.2, 0.25) is 6.82 Å². The van der Waals surface area contributed by atoms with Crippen LogP contribution in [0.15, 0.2) is 11.7 Å². The fourth-order valence-corrected chi connectivity index (χ4v) is 1.50. The molecule has 0 aliphatic rings. The van der Waals surface area contributed by atoms with Gasteiger partial charge in [-0.2, -0.15) is 0 Å². The van der Waals surface area contributed by atoms with E-state index in [0.29, 0.717) is 18.4 Å². The van der Waals surface area contributed by atoms with Crippen molar-refractivity contribution in [3.05, 3.63) is 11.7 Å². The van der Waals surface area contributed by atoms with Gasteiger partial charge in [-0.25, -0.2) is 0 Å². The molecule has 0 unspecified atom stereocenters. The second-order valence-electron chi connectivity index (χ2n) is 7.13. The van der Waals surface area contributed by atoms with Crippen LogP contribution in [0.5, 0.6) is 0 Å². The molecular weight excluding hydrogens is 267 g/mol. The highest BCUT2D eigenvalue weighted by Crippen LogP contribution is 2.26. The van der Waals surface area contributed by atoms with Crippen molar-refractivity contribution < 1.29 is 14.9 Å². The van der Waals surface area contributed by atoms with Gasteiger partial charge < -0.3 is 25.6 Å². The number of rotatable bonds is 9. The topological polar surface area (TPSA) is 85.6 Å². The number of aliphatic hydroxyl groups is 2. The molecule has 0 aliphatic carbocycles. The van der Waals surface area contributed by atoms with Crippen molar-refractivity contribution in [2.24, 2.45) is 0 Å². The first-order valence-corrected chi connectivity index (χ1v) is 7.36.